The molecule has 0 spiro atoms. The lowest BCUT2D eigenvalue weighted by Gasteiger charge is -2.17. The maximum atomic E-state index is 12.0. The summed E-state index contributed by atoms with van der Waals surface area (Å²) in [5.41, 5.74) is -0.00996. The molecule has 1 heterocycles. The number of nitrogens with one attached hydrogen (secondary N) is 1. The molecule has 1 fully saturated rings. The summed E-state index contributed by atoms with van der Waals surface area (Å²) in [4.78, 5) is 16.1. The van der Waals surface area contributed by atoms with Crippen molar-refractivity contribution in [1.82, 2.24) is 9.55 Å². The molecule has 1 saturated carbocycles. The Morgan fingerprint density at radius 3 is 2.88 bits per heavy atom. The van der Waals surface area contributed by atoms with E-state index in [9.17, 15) is 4.79 Å². The summed E-state index contributed by atoms with van der Waals surface area (Å²) in [6, 6.07) is 0.385. The van der Waals surface area contributed by atoms with E-state index in [4.69, 9.17) is 0 Å². The Bertz CT molecular complexity index is 423. The van der Waals surface area contributed by atoms with Crippen molar-refractivity contribution in [3.63, 3.8) is 0 Å². The van der Waals surface area contributed by atoms with E-state index >= 15 is 0 Å². The van der Waals surface area contributed by atoms with E-state index in [2.05, 4.69) is 17.2 Å². The molecular formula is C13H21N3O. The van der Waals surface area contributed by atoms with Gasteiger partial charge in [-0.2, -0.15) is 0 Å². The fourth-order valence-corrected chi connectivity index (χ4v) is 2.07. The molecule has 0 aromatic carbocycles. The second-order valence-corrected chi connectivity index (χ2v) is 4.80. The van der Waals surface area contributed by atoms with Gasteiger partial charge in [0.2, 0.25) is 0 Å². The SMILES string of the molecule is CCC(CC1CC1)Nc1nccn(CC)c1=O. The zero-order chi connectivity index (χ0) is 12.3. The molecule has 1 aliphatic rings. The van der Waals surface area contributed by atoms with Gasteiger partial charge in [0.05, 0.1) is 0 Å². The fraction of sp³-hybridized carbons (Fsp3) is 0.692. The molecule has 1 aliphatic carbocycles. The van der Waals surface area contributed by atoms with E-state index in [-0.39, 0.29) is 5.56 Å². The van der Waals surface area contributed by atoms with E-state index in [1.165, 1.54) is 19.3 Å². The predicted octanol–water partition coefficient (Wildman–Crippen LogP) is 2.25. The summed E-state index contributed by atoms with van der Waals surface area (Å²) in [5.74, 6) is 1.37. The average molecular weight is 235 g/mol. The highest BCUT2D eigenvalue weighted by Crippen LogP contribution is 2.34. The van der Waals surface area contributed by atoms with Crippen molar-refractivity contribution in [2.75, 3.05) is 5.32 Å². The van der Waals surface area contributed by atoms with Gasteiger partial charge in [-0.3, -0.25) is 4.79 Å². The lowest BCUT2D eigenvalue weighted by molar-refractivity contribution is 0.582. The summed E-state index contributed by atoms with van der Waals surface area (Å²) < 4.78 is 1.68. The molecule has 0 radical (unpaired) electrons. The van der Waals surface area contributed by atoms with Crippen LogP contribution in [0.15, 0.2) is 17.2 Å². The number of hydrogen-bond acceptors (Lipinski definition) is 3. The van der Waals surface area contributed by atoms with Crippen LogP contribution in [0.2, 0.25) is 0 Å². The van der Waals surface area contributed by atoms with Gasteiger partial charge in [0.15, 0.2) is 5.82 Å². The molecule has 2 rings (SSSR count). The van der Waals surface area contributed by atoms with Crippen molar-refractivity contribution in [2.24, 2.45) is 5.92 Å². The molecule has 0 bridgehead atoms. The van der Waals surface area contributed by atoms with Crippen molar-refractivity contribution < 1.29 is 0 Å². The van der Waals surface area contributed by atoms with Crippen LogP contribution in [0, 0.1) is 5.92 Å². The Labute approximate surface area is 102 Å². The minimum absolute atomic E-state index is 0.00996. The molecule has 0 saturated heterocycles. The van der Waals surface area contributed by atoms with Gasteiger partial charge in [0, 0.05) is 25.0 Å². The number of rotatable bonds is 6. The van der Waals surface area contributed by atoms with Crippen molar-refractivity contribution in [3.05, 3.63) is 22.7 Å². The first-order valence-corrected chi connectivity index (χ1v) is 6.56. The largest absolute Gasteiger partial charge is 0.363 e. The normalized spacial score (nSPS) is 16.8. The van der Waals surface area contributed by atoms with Crippen LogP contribution in [0.4, 0.5) is 5.82 Å². The summed E-state index contributed by atoms with van der Waals surface area (Å²) in [6.07, 6.45) is 8.32. The lowest BCUT2D eigenvalue weighted by atomic mass is 10.1. The van der Waals surface area contributed by atoms with Crippen LogP contribution in [-0.2, 0) is 6.54 Å². The van der Waals surface area contributed by atoms with Gasteiger partial charge in [0.25, 0.3) is 5.56 Å². The Morgan fingerprint density at radius 2 is 2.29 bits per heavy atom. The summed E-state index contributed by atoms with van der Waals surface area (Å²) in [7, 11) is 0. The first kappa shape index (κ1) is 12.1. The third kappa shape index (κ3) is 3.08. The third-order valence-electron chi connectivity index (χ3n) is 3.40. The van der Waals surface area contributed by atoms with E-state index in [1.807, 2.05) is 6.92 Å². The molecule has 94 valence electrons. The molecule has 1 aromatic heterocycles. The third-order valence-corrected chi connectivity index (χ3v) is 3.40. The lowest BCUT2D eigenvalue weighted by Crippen LogP contribution is -2.28. The first-order chi connectivity index (χ1) is 8.24. The molecule has 0 aliphatic heterocycles. The number of anilines is 1. The van der Waals surface area contributed by atoms with Gasteiger partial charge in [-0.1, -0.05) is 19.8 Å². The molecule has 4 nitrogen and oxygen atoms in total. The monoisotopic (exact) mass is 235 g/mol. The molecule has 1 N–H and O–H groups in total. The summed E-state index contributed by atoms with van der Waals surface area (Å²) in [5, 5.41) is 3.30. The number of nitrogens with zero attached hydrogens (tertiary/aromatic N) is 2. The van der Waals surface area contributed by atoms with Crippen LogP contribution >= 0.6 is 0 Å². The van der Waals surface area contributed by atoms with Crippen LogP contribution in [0.3, 0.4) is 0 Å². The van der Waals surface area contributed by atoms with Gasteiger partial charge in [-0.05, 0) is 25.7 Å². The van der Waals surface area contributed by atoms with E-state index < -0.39 is 0 Å². The Morgan fingerprint density at radius 1 is 1.53 bits per heavy atom. The highest BCUT2D eigenvalue weighted by molar-refractivity contribution is 5.32. The maximum Gasteiger partial charge on any atom is 0.293 e. The topological polar surface area (TPSA) is 46.9 Å². The van der Waals surface area contributed by atoms with Gasteiger partial charge >= 0.3 is 0 Å². The van der Waals surface area contributed by atoms with Crippen molar-refractivity contribution in [1.29, 1.82) is 0 Å². The number of aryl methyl sites for hydroxylation is 1. The predicted molar refractivity (Wildman–Crippen MR) is 69.2 cm³/mol. The first-order valence-electron chi connectivity index (χ1n) is 6.56. The number of hydrogen-bond donors (Lipinski definition) is 1. The van der Waals surface area contributed by atoms with Crippen molar-refractivity contribution in [2.45, 2.75) is 52.1 Å². The Balaban J connectivity index is 2.07. The highest BCUT2D eigenvalue weighted by Gasteiger charge is 2.25. The zero-order valence-corrected chi connectivity index (χ0v) is 10.6. The van der Waals surface area contributed by atoms with Crippen LogP contribution in [0.25, 0.3) is 0 Å². The average Bonchev–Trinajstić information content (AvgIpc) is 3.14. The van der Waals surface area contributed by atoms with Crippen molar-refractivity contribution in [3.8, 4) is 0 Å². The van der Waals surface area contributed by atoms with E-state index in [0.29, 0.717) is 18.4 Å². The highest BCUT2D eigenvalue weighted by atomic mass is 16.1. The molecule has 1 aromatic rings. The molecule has 1 unspecified atom stereocenters. The Kier molecular flexibility index (Phi) is 3.82. The second-order valence-electron chi connectivity index (χ2n) is 4.80. The maximum absolute atomic E-state index is 12.0. The van der Waals surface area contributed by atoms with Crippen LogP contribution < -0.4 is 10.9 Å². The van der Waals surface area contributed by atoms with Gasteiger partial charge in [0.1, 0.15) is 0 Å². The van der Waals surface area contributed by atoms with E-state index in [0.717, 1.165) is 12.3 Å². The molecule has 1 atom stereocenters. The van der Waals surface area contributed by atoms with E-state index in [1.54, 1.807) is 17.0 Å². The minimum Gasteiger partial charge on any atom is -0.363 e. The molecule has 17 heavy (non-hydrogen) atoms. The molecule has 0 amide bonds. The van der Waals surface area contributed by atoms with Gasteiger partial charge in [-0.15, -0.1) is 0 Å². The smallest absolute Gasteiger partial charge is 0.293 e. The van der Waals surface area contributed by atoms with Crippen molar-refractivity contribution >= 4 is 5.82 Å². The molecular weight excluding hydrogens is 214 g/mol. The van der Waals surface area contributed by atoms with Gasteiger partial charge in [-0.25, -0.2) is 4.98 Å². The summed E-state index contributed by atoms with van der Waals surface area (Å²) in [6.45, 7) is 4.81. The zero-order valence-electron chi connectivity index (χ0n) is 10.6. The van der Waals surface area contributed by atoms with Gasteiger partial charge < -0.3 is 9.88 Å². The minimum atomic E-state index is -0.00996. The standard InChI is InChI=1S/C13H21N3O/c1-3-11(9-10-5-6-10)15-12-13(17)16(4-2)8-7-14-12/h7-8,10-11H,3-6,9H2,1-2H3,(H,14,15). The Hall–Kier alpha value is -1.32. The fourth-order valence-electron chi connectivity index (χ4n) is 2.07. The number of aromatic nitrogens is 2. The van der Waals surface area contributed by atoms with Crippen LogP contribution in [0.1, 0.15) is 39.5 Å². The molecule has 4 heteroatoms. The summed E-state index contributed by atoms with van der Waals surface area (Å²) >= 11 is 0. The quantitative estimate of drug-likeness (QED) is 0.822. The van der Waals surface area contributed by atoms with Crippen LogP contribution in [-0.4, -0.2) is 15.6 Å². The second kappa shape index (κ2) is 5.34. The van der Waals surface area contributed by atoms with Crippen LogP contribution in [0.5, 0.6) is 0 Å².